The maximum atomic E-state index is 13.0. The van der Waals surface area contributed by atoms with E-state index in [9.17, 15) is 9.18 Å². The van der Waals surface area contributed by atoms with Gasteiger partial charge in [-0.3, -0.25) is 4.79 Å². The Morgan fingerprint density at radius 1 is 1.24 bits per heavy atom. The fourth-order valence-electron chi connectivity index (χ4n) is 2.83. The molecule has 3 N–H and O–H groups in total. The number of benzene rings is 2. The first-order chi connectivity index (χ1) is 12.1. The van der Waals surface area contributed by atoms with Gasteiger partial charge in [-0.2, -0.15) is 5.10 Å². The molecule has 0 radical (unpaired) electrons. The van der Waals surface area contributed by atoms with Crippen LogP contribution in [0.4, 0.5) is 10.1 Å². The Hall–Kier alpha value is -2.99. The standard InChI is InChI=1S/C19H17FN4O/c20-14-4-6-16(7-5-14)24-11-15(10-22-24)23-19(25)13-3-1-2-12(8-13)17-9-18(17)21/h1-8,10-11,17-18H,9,21H2,(H,23,25)/t17-,18+/m0/s1. The number of amides is 1. The van der Waals surface area contributed by atoms with Crippen LogP contribution in [0, 0.1) is 5.82 Å². The fourth-order valence-corrected chi connectivity index (χ4v) is 2.83. The van der Waals surface area contributed by atoms with Crippen LogP contribution in [-0.2, 0) is 0 Å². The van der Waals surface area contributed by atoms with Gasteiger partial charge in [0.25, 0.3) is 5.91 Å². The van der Waals surface area contributed by atoms with Crippen LogP contribution in [0.3, 0.4) is 0 Å². The van der Waals surface area contributed by atoms with Crippen molar-refractivity contribution in [1.82, 2.24) is 9.78 Å². The molecule has 5 nitrogen and oxygen atoms in total. The van der Waals surface area contributed by atoms with Gasteiger partial charge < -0.3 is 11.1 Å². The summed E-state index contributed by atoms with van der Waals surface area (Å²) in [4.78, 5) is 12.5. The molecule has 0 unspecified atom stereocenters. The summed E-state index contributed by atoms with van der Waals surface area (Å²) in [6.07, 6.45) is 4.21. The van der Waals surface area contributed by atoms with E-state index in [1.165, 1.54) is 12.1 Å². The molecule has 126 valence electrons. The number of nitrogens with one attached hydrogen (secondary N) is 1. The zero-order valence-corrected chi connectivity index (χ0v) is 13.4. The summed E-state index contributed by atoms with van der Waals surface area (Å²) in [6.45, 7) is 0. The number of halogens is 1. The highest BCUT2D eigenvalue weighted by atomic mass is 19.1. The van der Waals surface area contributed by atoms with Gasteiger partial charge in [-0.05, 0) is 48.4 Å². The van der Waals surface area contributed by atoms with E-state index in [4.69, 9.17) is 5.73 Å². The smallest absolute Gasteiger partial charge is 0.255 e. The van der Waals surface area contributed by atoms with E-state index in [1.54, 1.807) is 35.3 Å². The van der Waals surface area contributed by atoms with Crippen LogP contribution in [-0.4, -0.2) is 21.7 Å². The molecule has 4 rings (SSSR count). The number of nitrogens with zero attached hydrogens (tertiary/aromatic N) is 2. The summed E-state index contributed by atoms with van der Waals surface area (Å²) in [5, 5.41) is 7.02. The molecule has 3 aromatic rings. The number of hydrogen-bond donors (Lipinski definition) is 2. The summed E-state index contributed by atoms with van der Waals surface area (Å²) in [6, 6.07) is 13.7. The minimum absolute atomic E-state index is 0.199. The van der Waals surface area contributed by atoms with Gasteiger partial charge >= 0.3 is 0 Å². The van der Waals surface area contributed by atoms with Gasteiger partial charge in [-0.15, -0.1) is 0 Å². The Kier molecular flexibility index (Phi) is 3.82. The molecule has 1 saturated carbocycles. The number of carbonyl (C=O) groups excluding carboxylic acids is 1. The normalized spacial score (nSPS) is 18.8. The minimum atomic E-state index is -0.306. The largest absolute Gasteiger partial charge is 0.327 e. The van der Waals surface area contributed by atoms with E-state index < -0.39 is 0 Å². The molecule has 6 heteroatoms. The number of hydrogen-bond acceptors (Lipinski definition) is 3. The van der Waals surface area contributed by atoms with Gasteiger partial charge in [0.15, 0.2) is 0 Å². The van der Waals surface area contributed by atoms with Crippen molar-refractivity contribution in [2.75, 3.05) is 5.32 Å². The zero-order valence-electron chi connectivity index (χ0n) is 13.4. The number of aromatic nitrogens is 2. The molecule has 1 aliphatic rings. The van der Waals surface area contributed by atoms with E-state index in [-0.39, 0.29) is 17.8 Å². The lowest BCUT2D eigenvalue weighted by Crippen LogP contribution is -2.12. The van der Waals surface area contributed by atoms with E-state index >= 15 is 0 Å². The van der Waals surface area contributed by atoms with E-state index in [0.717, 1.165) is 12.0 Å². The van der Waals surface area contributed by atoms with E-state index in [0.29, 0.717) is 22.9 Å². The molecular formula is C19H17FN4O. The van der Waals surface area contributed by atoms with Crippen molar-refractivity contribution in [3.8, 4) is 5.69 Å². The van der Waals surface area contributed by atoms with Crippen LogP contribution in [0.1, 0.15) is 28.3 Å². The van der Waals surface area contributed by atoms with Crippen LogP contribution in [0.15, 0.2) is 60.9 Å². The predicted molar refractivity (Wildman–Crippen MR) is 93.3 cm³/mol. The van der Waals surface area contributed by atoms with Crippen molar-refractivity contribution < 1.29 is 9.18 Å². The minimum Gasteiger partial charge on any atom is -0.327 e. The Morgan fingerprint density at radius 3 is 2.72 bits per heavy atom. The SMILES string of the molecule is N[C@@H]1C[C@H]1c1cccc(C(=O)Nc2cnn(-c3ccc(F)cc3)c2)c1. The quantitative estimate of drug-likeness (QED) is 0.769. The fraction of sp³-hybridized carbons (Fsp3) is 0.158. The molecule has 25 heavy (non-hydrogen) atoms. The van der Waals surface area contributed by atoms with Gasteiger partial charge in [0, 0.05) is 17.5 Å². The second-order valence-electron chi connectivity index (χ2n) is 6.24. The molecule has 1 aromatic heterocycles. The molecule has 0 aliphatic heterocycles. The highest BCUT2D eigenvalue weighted by Crippen LogP contribution is 2.39. The third kappa shape index (κ3) is 3.29. The highest BCUT2D eigenvalue weighted by molar-refractivity contribution is 6.04. The maximum absolute atomic E-state index is 13.0. The Labute approximate surface area is 144 Å². The van der Waals surface area contributed by atoms with Gasteiger partial charge in [0.2, 0.25) is 0 Å². The molecule has 0 spiro atoms. The van der Waals surface area contributed by atoms with Crippen LogP contribution in [0.2, 0.25) is 0 Å². The summed E-state index contributed by atoms with van der Waals surface area (Å²) in [7, 11) is 0. The lowest BCUT2D eigenvalue weighted by Gasteiger charge is -2.05. The Balaban J connectivity index is 1.49. The van der Waals surface area contributed by atoms with Gasteiger partial charge in [-0.25, -0.2) is 9.07 Å². The number of carbonyl (C=O) groups is 1. The highest BCUT2D eigenvalue weighted by Gasteiger charge is 2.34. The predicted octanol–water partition coefficient (Wildman–Crippen LogP) is 3.08. The van der Waals surface area contributed by atoms with Crippen molar-refractivity contribution in [3.63, 3.8) is 0 Å². The third-order valence-corrected chi connectivity index (χ3v) is 4.35. The number of rotatable bonds is 4. The van der Waals surface area contributed by atoms with Crippen molar-refractivity contribution in [2.24, 2.45) is 5.73 Å². The Bertz CT molecular complexity index is 919. The molecular weight excluding hydrogens is 319 g/mol. The third-order valence-electron chi connectivity index (χ3n) is 4.35. The Morgan fingerprint density at radius 2 is 2.00 bits per heavy atom. The van der Waals surface area contributed by atoms with Crippen molar-refractivity contribution >= 4 is 11.6 Å². The molecule has 1 heterocycles. The summed E-state index contributed by atoms with van der Waals surface area (Å²) >= 11 is 0. The number of anilines is 1. The first-order valence-corrected chi connectivity index (χ1v) is 8.08. The molecule has 0 saturated heterocycles. The molecule has 1 fully saturated rings. The molecule has 1 aliphatic carbocycles. The second-order valence-corrected chi connectivity index (χ2v) is 6.24. The molecule has 2 atom stereocenters. The second kappa shape index (κ2) is 6.14. The van der Waals surface area contributed by atoms with Gasteiger partial charge in [0.1, 0.15) is 5.82 Å². The topological polar surface area (TPSA) is 72.9 Å². The number of nitrogens with two attached hydrogens (primary N) is 1. The van der Waals surface area contributed by atoms with Crippen molar-refractivity contribution in [1.29, 1.82) is 0 Å². The summed E-state index contributed by atoms with van der Waals surface area (Å²) < 4.78 is 14.6. The van der Waals surface area contributed by atoms with Gasteiger partial charge in [-0.1, -0.05) is 12.1 Å². The summed E-state index contributed by atoms with van der Waals surface area (Å²) in [5.41, 5.74) is 8.86. The van der Waals surface area contributed by atoms with Crippen molar-refractivity contribution in [2.45, 2.75) is 18.4 Å². The van der Waals surface area contributed by atoms with Crippen LogP contribution < -0.4 is 11.1 Å². The molecule has 2 aromatic carbocycles. The maximum Gasteiger partial charge on any atom is 0.255 e. The van der Waals surface area contributed by atoms with Crippen LogP contribution >= 0.6 is 0 Å². The monoisotopic (exact) mass is 336 g/mol. The lowest BCUT2D eigenvalue weighted by molar-refractivity contribution is 0.102. The van der Waals surface area contributed by atoms with Crippen LogP contribution in [0.5, 0.6) is 0 Å². The zero-order chi connectivity index (χ0) is 17.4. The molecule has 1 amide bonds. The van der Waals surface area contributed by atoms with Crippen molar-refractivity contribution in [3.05, 3.63) is 77.9 Å². The van der Waals surface area contributed by atoms with E-state index in [2.05, 4.69) is 10.4 Å². The first-order valence-electron chi connectivity index (χ1n) is 8.08. The average Bonchev–Trinajstić information content (AvgIpc) is 3.17. The summed E-state index contributed by atoms with van der Waals surface area (Å²) in [5.74, 6) is -0.150. The molecule has 0 bridgehead atoms. The van der Waals surface area contributed by atoms with Gasteiger partial charge in [0.05, 0.1) is 23.8 Å². The van der Waals surface area contributed by atoms with E-state index in [1.807, 2.05) is 18.2 Å². The average molecular weight is 336 g/mol. The van der Waals surface area contributed by atoms with Crippen LogP contribution in [0.25, 0.3) is 5.69 Å². The first kappa shape index (κ1) is 15.5. The lowest BCUT2D eigenvalue weighted by atomic mass is 10.1.